The lowest BCUT2D eigenvalue weighted by molar-refractivity contribution is -0.125. The van der Waals surface area contributed by atoms with Crippen LogP contribution in [0, 0.1) is 0 Å². The molecule has 0 unspecified atom stereocenters. The Morgan fingerprint density at radius 3 is 2.19 bits per heavy atom. The highest BCUT2D eigenvalue weighted by Crippen LogP contribution is 2.28. The van der Waals surface area contributed by atoms with Crippen molar-refractivity contribution in [2.45, 2.75) is 32.7 Å². The van der Waals surface area contributed by atoms with Gasteiger partial charge in [-0.25, -0.2) is 0 Å². The molecule has 144 valence electrons. The molecule has 0 bridgehead atoms. The van der Waals surface area contributed by atoms with Crippen LogP contribution in [0.5, 0.6) is 11.5 Å². The maximum absolute atomic E-state index is 12.4. The number of likely N-dealkylation sites (N-methyl/N-ethyl adjacent to an activating group) is 1. The van der Waals surface area contributed by atoms with Crippen LogP contribution in [-0.2, 0) is 16.8 Å². The van der Waals surface area contributed by atoms with Crippen molar-refractivity contribution in [3.05, 3.63) is 65.2 Å². The van der Waals surface area contributed by atoms with Crippen LogP contribution in [0.15, 0.2) is 48.5 Å². The van der Waals surface area contributed by atoms with Crippen molar-refractivity contribution in [1.82, 2.24) is 4.90 Å². The summed E-state index contributed by atoms with van der Waals surface area (Å²) in [7, 11) is 4.99. The summed E-state index contributed by atoms with van der Waals surface area (Å²) in [6, 6.07) is 14.0. The van der Waals surface area contributed by atoms with Crippen molar-refractivity contribution in [1.29, 1.82) is 0 Å². The summed E-state index contributed by atoms with van der Waals surface area (Å²) in [6.45, 7) is 7.05. The smallest absolute Gasteiger partial charge is 0.246 e. The molecule has 4 heteroatoms. The van der Waals surface area contributed by atoms with Crippen molar-refractivity contribution < 1.29 is 14.3 Å². The van der Waals surface area contributed by atoms with Gasteiger partial charge in [-0.1, -0.05) is 51.1 Å². The Morgan fingerprint density at radius 2 is 1.63 bits per heavy atom. The van der Waals surface area contributed by atoms with E-state index in [4.69, 9.17) is 9.47 Å². The molecule has 0 saturated carbocycles. The molecule has 0 aliphatic rings. The Kier molecular flexibility index (Phi) is 6.67. The number of amides is 1. The molecule has 0 aliphatic heterocycles. The maximum Gasteiger partial charge on any atom is 0.246 e. The van der Waals surface area contributed by atoms with Crippen LogP contribution in [0.2, 0.25) is 0 Å². The van der Waals surface area contributed by atoms with Gasteiger partial charge in [-0.05, 0) is 40.3 Å². The number of carbonyl (C=O) groups excluding carboxylic acids is 1. The van der Waals surface area contributed by atoms with Gasteiger partial charge in [0.1, 0.15) is 0 Å². The van der Waals surface area contributed by atoms with Gasteiger partial charge in [0.2, 0.25) is 5.91 Å². The molecule has 0 aromatic heterocycles. The van der Waals surface area contributed by atoms with Crippen molar-refractivity contribution in [3.63, 3.8) is 0 Å². The minimum absolute atomic E-state index is 0.0512. The molecule has 2 rings (SSSR count). The van der Waals surface area contributed by atoms with Crippen molar-refractivity contribution in [2.75, 3.05) is 21.3 Å². The highest BCUT2D eigenvalue weighted by molar-refractivity contribution is 5.91. The SMILES string of the molecule is COc1ccc(CN(C)C(=O)/C=C/c2ccc(C(C)(C)C)cc2)cc1OC. The fraction of sp³-hybridized carbons (Fsp3) is 0.348. The first-order valence-electron chi connectivity index (χ1n) is 8.99. The number of carbonyl (C=O) groups is 1. The Labute approximate surface area is 162 Å². The zero-order valence-corrected chi connectivity index (χ0v) is 17.1. The first kappa shape index (κ1) is 20.6. The minimum Gasteiger partial charge on any atom is -0.493 e. The van der Waals surface area contributed by atoms with Gasteiger partial charge in [-0.2, -0.15) is 0 Å². The van der Waals surface area contributed by atoms with E-state index in [1.54, 1.807) is 32.2 Å². The van der Waals surface area contributed by atoms with Crippen LogP contribution in [0.3, 0.4) is 0 Å². The van der Waals surface area contributed by atoms with E-state index in [0.717, 1.165) is 11.1 Å². The lowest BCUT2D eigenvalue weighted by Gasteiger charge is -2.19. The van der Waals surface area contributed by atoms with E-state index >= 15 is 0 Å². The van der Waals surface area contributed by atoms with Crippen LogP contribution in [0.25, 0.3) is 6.08 Å². The largest absolute Gasteiger partial charge is 0.493 e. The van der Waals surface area contributed by atoms with Gasteiger partial charge in [0.25, 0.3) is 0 Å². The van der Waals surface area contributed by atoms with Crippen LogP contribution in [0.1, 0.15) is 37.5 Å². The third kappa shape index (κ3) is 5.61. The molecule has 27 heavy (non-hydrogen) atoms. The lowest BCUT2D eigenvalue weighted by Crippen LogP contribution is -2.24. The molecule has 0 saturated heterocycles. The lowest BCUT2D eigenvalue weighted by atomic mass is 9.87. The van der Waals surface area contributed by atoms with E-state index in [2.05, 4.69) is 32.9 Å². The molecule has 4 nitrogen and oxygen atoms in total. The highest BCUT2D eigenvalue weighted by Gasteiger charge is 2.13. The second-order valence-electron chi connectivity index (χ2n) is 7.59. The van der Waals surface area contributed by atoms with E-state index in [-0.39, 0.29) is 11.3 Å². The number of nitrogens with zero attached hydrogens (tertiary/aromatic N) is 1. The number of benzene rings is 2. The van der Waals surface area contributed by atoms with Gasteiger partial charge in [-0.15, -0.1) is 0 Å². The Bertz CT molecular complexity index is 801. The van der Waals surface area contributed by atoms with Gasteiger partial charge >= 0.3 is 0 Å². The van der Waals surface area contributed by atoms with Gasteiger partial charge in [0.15, 0.2) is 11.5 Å². The third-order valence-corrected chi connectivity index (χ3v) is 4.44. The minimum atomic E-state index is -0.0512. The molecule has 0 atom stereocenters. The van der Waals surface area contributed by atoms with Crippen molar-refractivity contribution >= 4 is 12.0 Å². The van der Waals surface area contributed by atoms with E-state index in [1.807, 2.05) is 36.4 Å². The van der Waals surface area contributed by atoms with Gasteiger partial charge < -0.3 is 14.4 Å². The van der Waals surface area contributed by atoms with Crippen molar-refractivity contribution in [3.8, 4) is 11.5 Å². The molecule has 0 fully saturated rings. The van der Waals surface area contributed by atoms with Gasteiger partial charge in [0.05, 0.1) is 14.2 Å². The monoisotopic (exact) mass is 367 g/mol. The van der Waals surface area contributed by atoms with Gasteiger partial charge in [-0.3, -0.25) is 4.79 Å². The van der Waals surface area contributed by atoms with E-state index < -0.39 is 0 Å². The third-order valence-electron chi connectivity index (χ3n) is 4.44. The second-order valence-corrected chi connectivity index (χ2v) is 7.59. The molecule has 0 heterocycles. The normalized spacial score (nSPS) is 11.5. The summed E-state index contributed by atoms with van der Waals surface area (Å²) in [6.07, 6.45) is 3.45. The topological polar surface area (TPSA) is 38.8 Å². The van der Waals surface area contributed by atoms with E-state index in [0.29, 0.717) is 18.0 Å². The zero-order valence-electron chi connectivity index (χ0n) is 17.1. The molecule has 2 aromatic carbocycles. The molecule has 2 aromatic rings. The van der Waals surface area contributed by atoms with E-state index in [9.17, 15) is 4.79 Å². The Balaban J connectivity index is 2.02. The van der Waals surface area contributed by atoms with Crippen LogP contribution >= 0.6 is 0 Å². The Morgan fingerprint density at radius 1 is 1.00 bits per heavy atom. The summed E-state index contributed by atoms with van der Waals surface area (Å²) in [4.78, 5) is 14.1. The first-order valence-corrected chi connectivity index (χ1v) is 8.99. The van der Waals surface area contributed by atoms with Crippen LogP contribution < -0.4 is 9.47 Å². The predicted molar refractivity (Wildman–Crippen MR) is 110 cm³/mol. The standard InChI is InChI=1S/C23H29NO3/c1-23(2,3)19-11-7-17(8-12-19)10-14-22(25)24(4)16-18-9-13-20(26-5)21(15-18)27-6/h7-15H,16H2,1-6H3/b14-10+. The highest BCUT2D eigenvalue weighted by atomic mass is 16.5. The molecule has 0 N–H and O–H groups in total. The zero-order chi connectivity index (χ0) is 20.0. The average Bonchev–Trinajstić information content (AvgIpc) is 2.65. The summed E-state index contributed by atoms with van der Waals surface area (Å²) in [5.41, 5.74) is 3.39. The summed E-state index contributed by atoms with van der Waals surface area (Å²) < 4.78 is 10.6. The number of methoxy groups -OCH3 is 2. The van der Waals surface area contributed by atoms with Crippen molar-refractivity contribution in [2.24, 2.45) is 0 Å². The first-order chi connectivity index (χ1) is 12.7. The number of ether oxygens (including phenoxy) is 2. The number of rotatable bonds is 6. The van der Waals surface area contributed by atoms with Crippen LogP contribution in [-0.4, -0.2) is 32.1 Å². The summed E-state index contributed by atoms with van der Waals surface area (Å²) >= 11 is 0. The fourth-order valence-corrected chi connectivity index (χ4v) is 2.72. The molecular formula is C23H29NO3. The predicted octanol–water partition coefficient (Wildman–Crippen LogP) is 4.67. The maximum atomic E-state index is 12.4. The fourth-order valence-electron chi connectivity index (χ4n) is 2.72. The second kappa shape index (κ2) is 8.76. The van der Waals surface area contributed by atoms with Gasteiger partial charge in [0, 0.05) is 19.7 Å². The van der Waals surface area contributed by atoms with Crippen LogP contribution in [0.4, 0.5) is 0 Å². The number of hydrogen-bond acceptors (Lipinski definition) is 3. The molecular weight excluding hydrogens is 338 g/mol. The summed E-state index contributed by atoms with van der Waals surface area (Å²) in [5, 5.41) is 0. The molecule has 0 radical (unpaired) electrons. The van der Waals surface area contributed by atoms with E-state index in [1.165, 1.54) is 5.56 Å². The number of hydrogen-bond donors (Lipinski definition) is 0. The molecule has 0 aliphatic carbocycles. The summed E-state index contributed by atoms with van der Waals surface area (Å²) in [5.74, 6) is 1.28. The molecule has 1 amide bonds. The quantitative estimate of drug-likeness (QED) is 0.696. The Hall–Kier alpha value is -2.75. The molecule has 0 spiro atoms. The average molecular weight is 367 g/mol.